The van der Waals surface area contributed by atoms with Gasteiger partial charge in [-0.3, -0.25) is 19.7 Å². The monoisotopic (exact) mass is 382 g/mol. The number of hydrogen-bond acceptors (Lipinski definition) is 5. The lowest BCUT2D eigenvalue weighted by Crippen LogP contribution is -2.40. The van der Waals surface area contributed by atoms with Crippen LogP contribution in [0.25, 0.3) is 0 Å². The fourth-order valence-electron chi connectivity index (χ4n) is 3.45. The van der Waals surface area contributed by atoms with Gasteiger partial charge in [0.1, 0.15) is 5.75 Å². The Hall–Kier alpha value is -3.22. The number of piperidine rings is 1. The zero-order valence-electron chi connectivity index (χ0n) is 15.9. The van der Waals surface area contributed by atoms with Crippen molar-refractivity contribution in [3.63, 3.8) is 0 Å². The molecular weight excluding hydrogens is 360 g/mol. The maximum absolute atomic E-state index is 12.9. The predicted octanol–water partition coefficient (Wildman–Crippen LogP) is 3.65. The average Bonchev–Trinajstić information content (AvgIpc) is 2.72. The number of benzene rings is 2. The molecule has 1 amide bonds. The number of amides is 1. The zero-order chi connectivity index (χ0) is 20.3. The second-order valence-electron chi connectivity index (χ2n) is 6.94. The van der Waals surface area contributed by atoms with Gasteiger partial charge < -0.3 is 9.64 Å². The van der Waals surface area contributed by atoms with Gasteiger partial charge in [-0.05, 0) is 25.8 Å². The molecule has 0 aliphatic carbocycles. The highest BCUT2D eigenvalue weighted by atomic mass is 16.6. The fraction of sp³-hybridized carbons (Fsp3) is 0.333. The number of rotatable bonds is 5. The SMILES string of the molecule is COc1ccc([N+](=O)[O-])cc1C(=O)N1CCC(C(=O)c2ccc(C)cc2)CC1. The summed E-state index contributed by atoms with van der Waals surface area (Å²) in [4.78, 5) is 37.7. The van der Waals surface area contributed by atoms with Gasteiger partial charge in [0.2, 0.25) is 0 Å². The summed E-state index contributed by atoms with van der Waals surface area (Å²) in [5.41, 5.74) is 1.80. The van der Waals surface area contributed by atoms with Gasteiger partial charge in [-0.25, -0.2) is 0 Å². The van der Waals surface area contributed by atoms with Crippen LogP contribution < -0.4 is 4.74 Å². The van der Waals surface area contributed by atoms with E-state index in [2.05, 4.69) is 0 Å². The predicted molar refractivity (Wildman–Crippen MR) is 104 cm³/mol. The Morgan fingerprint density at radius 2 is 1.75 bits per heavy atom. The van der Waals surface area contributed by atoms with E-state index in [9.17, 15) is 19.7 Å². The molecule has 7 nitrogen and oxygen atoms in total. The molecule has 0 aromatic heterocycles. The summed E-state index contributed by atoms with van der Waals surface area (Å²) < 4.78 is 5.19. The molecule has 146 valence electrons. The lowest BCUT2D eigenvalue weighted by Gasteiger charge is -2.31. The largest absolute Gasteiger partial charge is 0.496 e. The van der Waals surface area contributed by atoms with E-state index < -0.39 is 4.92 Å². The molecule has 3 rings (SSSR count). The normalized spacial score (nSPS) is 14.6. The number of nitrogens with zero attached hydrogens (tertiary/aromatic N) is 2. The quantitative estimate of drug-likeness (QED) is 0.447. The maximum atomic E-state index is 12.9. The van der Waals surface area contributed by atoms with Crippen molar-refractivity contribution in [3.8, 4) is 5.75 Å². The topological polar surface area (TPSA) is 89.8 Å². The molecule has 0 N–H and O–H groups in total. The number of likely N-dealkylation sites (tertiary alicyclic amines) is 1. The van der Waals surface area contributed by atoms with Crippen LogP contribution in [-0.2, 0) is 0 Å². The molecule has 0 atom stereocenters. The highest BCUT2D eigenvalue weighted by Gasteiger charge is 2.30. The smallest absolute Gasteiger partial charge is 0.270 e. The van der Waals surface area contributed by atoms with Gasteiger partial charge in [-0.15, -0.1) is 0 Å². The average molecular weight is 382 g/mol. The van der Waals surface area contributed by atoms with Crippen molar-refractivity contribution in [1.82, 2.24) is 4.90 Å². The molecule has 1 aliphatic rings. The summed E-state index contributed by atoms with van der Waals surface area (Å²) >= 11 is 0. The molecule has 0 spiro atoms. The maximum Gasteiger partial charge on any atom is 0.270 e. The third-order valence-electron chi connectivity index (χ3n) is 5.11. The number of Topliss-reactive ketones (excluding diaryl/α,β-unsaturated/α-hetero) is 1. The van der Waals surface area contributed by atoms with Crippen molar-refractivity contribution in [2.75, 3.05) is 20.2 Å². The van der Waals surface area contributed by atoms with Gasteiger partial charge in [-0.1, -0.05) is 29.8 Å². The first-order valence-electron chi connectivity index (χ1n) is 9.13. The summed E-state index contributed by atoms with van der Waals surface area (Å²) in [6, 6.07) is 11.5. The molecule has 7 heteroatoms. The van der Waals surface area contributed by atoms with Gasteiger partial charge in [0.25, 0.3) is 11.6 Å². The minimum atomic E-state index is -0.539. The molecule has 0 unspecified atom stereocenters. The molecular formula is C21H22N2O5. The first kappa shape index (κ1) is 19.5. The van der Waals surface area contributed by atoms with Crippen LogP contribution in [-0.4, -0.2) is 41.7 Å². The summed E-state index contributed by atoms with van der Waals surface area (Å²) in [6.07, 6.45) is 1.13. The van der Waals surface area contributed by atoms with Crippen molar-refractivity contribution in [2.45, 2.75) is 19.8 Å². The number of nitro benzene ring substituents is 1. The third-order valence-corrected chi connectivity index (χ3v) is 5.11. The molecule has 28 heavy (non-hydrogen) atoms. The number of nitro groups is 1. The summed E-state index contributed by atoms with van der Waals surface area (Å²) in [5, 5.41) is 11.0. The fourth-order valence-corrected chi connectivity index (χ4v) is 3.45. The van der Waals surface area contributed by atoms with E-state index >= 15 is 0 Å². The highest BCUT2D eigenvalue weighted by molar-refractivity contribution is 5.99. The molecule has 0 saturated carbocycles. The van der Waals surface area contributed by atoms with Crippen molar-refractivity contribution >= 4 is 17.4 Å². The van der Waals surface area contributed by atoms with Crippen LogP contribution in [0, 0.1) is 23.0 Å². The number of ketones is 1. The number of aryl methyl sites for hydroxylation is 1. The van der Waals surface area contributed by atoms with Crippen LogP contribution in [0.15, 0.2) is 42.5 Å². The van der Waals surface area contributed by atoms with E-state index in [1.54, 1.807) is 4.90 Å². The zero-order valence-corrected chi connectivity index (χ0v) is 15.9. The number of ether oxygens (including phenoxy) is 1. The molecule has 1 aliphatic heterocycles. The Balaban J connectivity index is 1.70. The van der Waals surface area contributed by atoms with Crippen LogP contribution >= 0.6 is 0 Å². The van der Waals surface area contributed by atoms with Crippen LogP contribution in [0.5, 0.6) is 5.75 Å². The standard InChI is InChI=1S/C21H22N2O5/c1-14-3-5-15(6-4-14)20(24)16-9-11-22(12-10-16)21(25)18-13-17(23(26)27)7-8-19(18)28-2/h3-8,13,16H,9-12H2,1-2H3. The summed E-state index contributed by atoms with van der Waals surface area (Å²) in [5.74, 6) is -0.0472. The summed E-state index contributed by atoms with van der Waals surface area (Å²) in [6.45, 7) is 2.82. The molecule has 1 fully saturated rings. The Morgan fingerprint density at radius 3 is 2.32 bits per heavy atom. The van der Waals surface area contributed by atoms with Crippen molar-refractivity contribution in [3.05, 3.63) is 69.3 Å². The first-order valence-corrected chi connectivity index (χ1v) is 9.13. The minimum Gasteiger partial charge on any atom is -0.496 e. The van der Waals surface area contributed by atoms with Crippen LogP contribution in [0.3, 0.4) is 0 Å². The van der Waals surface area contributed by atoms with E-state index in [1.165, 1.54) is 25.3 Å². The van der Waals surface area contributed by atoms with E-state index in [0.29, 0.717) is 37.2 Å². The summed E-state index contributed by atoms with van der Waals surface area (Å²) in [7, 11) is 1.42. The van der Waals surface area contributed by atoms with Crippen LogP contribution in [0.2, 0.25) is 0 Å². The molecule has 1 saturated heterocycles. The molecule has 2 aromatic rings. The van der Waals surface area contributed by atoms with Crippen LogP contribution in [0.4, 0.5) is 5.69 Å². The molecule has 2 aromatic carbocycles. The van der Waals surface area contributed by atoms with Crippen molar-refractivity contribution in [1.29, 1.82) is 0 Å². The Bertz CT molecular complexity index is 900. The number of non-ortho nitro benzene ring substituents is 1. The number of carbonyl (C=O) groups excluding carboxylic acids is 2. The third kappa shape index (κ3) is 4.03. The number of carbonyl (C=O) groups is 2. The van der Waals surface area contributed by atoms with Gasteiger partial charge in [-0.2, -0.15) is 0 Å². The number of methoxy groups -OCH3 is 1. The lowest BCUT2D eigenvalue weighted by molar-refractivity contribution is -0.384. The lowest BCUT2D eigenvalue weighted by atomic mass is 9.88. The Morgan fingerprint density at radius 1 is 1.11 bits per heavy atom. The van der Waals surface area contributed by atoms with E-state index in [4.69, 9.17) is 4.74 Å². The first-order chi connectivity index (χ1) is 13.4. The Labute approximate surface area is 163 Å². The molecule has 0 radical (unpaired) electrons. The second-order valence-corrected chi connectivity index (χ2v) is 6.94. The second kappa shape index (κ2) is 8.21. The van der Waals surface area contributed by atoms with E-state index in [-0.39, 0.29) is 28.9 Å². The van der Waals surface area contributed by atoms with Crippen molar-refractivity contribution < 1.29 is 19.2 Å². The van der Waals surface area contributed by atoms with Crippen molar-refractivity contribution in [2.24, 2.45) is 5.92 Å². The van der Waals surface area contributed by atoms with Gasteiger partial charge >= 0.3 is 0 Å². The Kier molecular flexibility index (Phi) is 5.73. The van der Waals surface area contributed by atoms with Gasteiger partial charge in [0, 0.05) is 36.7 Å². The van der Waals surface area contributed by atoms with E-state index in [1.807, 2.05) is 31.2 Å². The van der Waals surface area contributed by atoms with Gasteiger partial charge in [0.15, 0.2) is 5.78 Å². The highest BCUT2D eigenvalue weighted by Crippen LogP contribution is 2.28. The molecule has 0 bridgehead atoms. The van der Waals surface area contributed by atoms with Gasteiger partial charge in [0.05, 0.1) is 17.6 Å². The minimum absolute atomic E-state index is 0.0972. The molecule has 1 heterocycles. The van der Waals surface area contributed by atoms with Crippen LogP contribution in [0.1, 0.15) is 39.1 Å². The number of hydrogen-bond donors (Lipinski definition) is 0. The van der Waals surface area contributed by atoms with E-state index in [0.717, 1.165) is 5.56 Å².